The van der Waals surface area contributed by atoms with Crippen molar-refractivity contribution < 1.29 is 0 Å². The van der Waals surface area contributed by atoms with Gasteiger partial charge in [0.05, 0.1) is 6.04 Å². The van der Waals surface area contributed by atoms with E-state index in [9.17, 15) is 0 Å². The average molecular weight is 139 g/mol. The van der Waals surface area contributed by atoms with E-state index in [1.165, 1.54) is 0 Å². The van der Waals surface area contributed by atoms with Crippen molar-refractivity contribution in [2.24, 2.45) is 0 Å². The lowest BCUT2D eigenvalue weighted by molar-refractivity contribution is 0.505. The molecule has 0 amide bonds. The Bertz CT molecular complexity index is 110. The Kier molecular flexibility index (Phi) is 5.06. The van der Waals surface area contributed by atoms with E-state index >= 15 is 0 Å². The maximum absolute atomic E-state index is 5.29. The summed E-state index contributed by atoms with van der Waals surface area (Å²) in [5.41, 5.74) is 0. The minimum atomic E-state index is 0.269. The summed E-state index contributed by atoms with van der Waals surface area (Å²) in [6.45, 7) is 6.37. The quantitative estimate of drug-likeness (QED) is 0.585. The molecule has 0 aromatic heterocycles. The summed E-state index contributed by atoms with van der Waals surface area (Å²) in [5, 5.41) is 3.29. The summed E-state index contributed by atoms with van der Waals surface area (Å²) in [6.07, 6.45) is 7.52. The summed E-state index contributed by atoms with van der Waals surface area (Å²) in [6, 6.07) is 0.762. The van der Waals surface area contributed by atoms with E-state index in [1.807, 2.05) is 0 Å². The normalized spacial score (nSPS) is 13.1. The topological polar surface area (TPSA) is 12.0 Å². The maximum atomic E-state index is 5.29. The van der Waals surface area contributed by atoms with Crippen LogP contribution in [0.3, 0.4) is 0 Å². The second-order valence-corrected chi connectivity index (χ2v) is 2.83. The summed E-state index contributed by atoms with van der Waals surface area (Å²) >= 11 is 0. The second kappa shape index (κ2) is 5.32. The predicted molar refractivity (Wildman–Crippen MR) is 45.8 cm³/mol. The third kappa shape index (κ3) is 4.40. The second-order valence-electron chi connectivity index (χ2n) is 2.83. The summed E-state index contributed by atoms with van der Waals surface area (Å²) < 4.78 is 0. The van der Waals surface area contributed by atoms with Gasteiger partial charge < -0.3 is 5.32 Å². The van der Waals surface area contributed by atoms with Crippen molar-refractivity contribution in [1.29, 1.82) is 0 Å². The van der Waals surface area contributed by atoms with E-state index in [2.05, 4.69) is 32.0 Å². The standard InChI is InChI=1S/C9H17N/c1-5-7-9(6-2)10-8(3)4/h2,8-10H,5,7H2,1,3-4H3. The van der Waals surface area contributed by atoms with Gasteiger partial charge >= 0.3 is 0 Å². The fourth-order valence-corrected chi connectivity index (χ4v) is 0.906. The van der Waals surface area contributed by atoms with Crippen LogP contribution in [0, 0.1) is 12.3 Å². The molecule has 1 heteroatoms. The van der Waals surface area contributed by atoms with Crippen molar-refractivity contribution in [3.05, 3.63) is 0 Å². The van der Waals surface area contributed by atoms with Gasteiger partial charge in [-0.3, -0.25) is 0 Å². The van der Waals surface area contributed by atoms with Crippen LogP contribution in [0.2, 0.25) is 0 Å². The first kappa shape index (κ1) is 9.52. The number of rotatable bonds is 4. The number of terminal acetylenes is 1. The van der Waals surface area contributed by atoms with Crippen molar-refractivity contribution >= 4 is 0 Å². The largest absolute Gasteiger partial charge is 0.301 e. The smallest absolute Gasteiger partial charge is 0.0688 e. The summed E-state index contributed by atoms with van der Waals surface area (Å²) in [7, 11) is 0. The van der Waals surface area contributed by atoms with E-state index in [0.717, 1.165) is 12.8 Å². The Morgan fingerprint density at radius 2 is 2.10 bits per heavy atom. The maximum Gasteiger partial charge on any atom is 0.0688 e. The fraction of sp³-hybridized carbons (Fsp3) is 0.778. The molecule has 0 heterocycles. The summed E-state index contributed by atoms with van der Waals surface area (Å²) in [5.74, 6) is 2.72. The Hall–Kier alpha value is -0.480. The average Bonchev–Trinajstić information content (AvgIpc) is 1.86. The Morgan fingerprint density at radius 1 is 1.50 bits per heavy atom. The zero-order valence-corrected chi connectivity index (χ0v) is 7.15. The van der Waals surface area contributed by atoms with Gasteiger partial charge in [-0.15, -0.1) is 6.42 Å². The van der Waals surface area contributed by atoms with E-state index in [4.69, 9.17) is 6.42 Å². The lowest BCUT2D eigenvalue weighted by atomic mass is 10.1. The van der Waals surface area contributed by atoms with Crippen molar-refractivity contribution in [2.75, 3.05) is 0 Å². The molecule has 1 nitrogen and oxygen atoms in total. The van der Waals surface area contributed by atoms with Crippen LogP contribution in [0.25, 0.3) is 0 Å². The van der Waals surface area contributed by atoms with E-state index in [1.54, 1.807) is 0 Å². The Morgan fingerprint density at radius 3 is 2.40 bits per heavy atom. The first-order valence-electron chi connectivity index (χ1n) is 3.92. The SMILES string of the molecule is C#CC(CCC)NC(C)C. The highest BCUT2D eigenvalue weighted by atomic mass is 14.9. The van der Waals surface area contributed by atoms with Crippen LogP contribution >= 0.6 is 0 Å². The van der Waals surface area contributed by atoms with Gasteiger partial charge in [0.25, 0.3) is 0 Å². The van der Waals surface area contributed by atoms with Crippen molar-refractivity contribution in [3.8, 4) is 12.3 Å². The molecule has 1 N–H and O–H groups in total. The van der Waals surface area contributed by atoms with Crippen LogP contribution in [-0.4, -0.2) is 12.1 Å². The highest BCUT2D eigenvalue weighted by molar-refractivity contribution is 4.98. The van der Waals surface area contributed by atoms with Crippen LogP contribution in [0.1, 0.15) is 33.6 Å². The van der Waals surface area contributed by atoms with Crippen molar-refractivity contribution in [3.63, 3.8) is 0 Å². The lowest BCUT2D eigenvalue weighted by Crippen LogP contribution is -2.33. The predicted octanol–water partition coefficient (Wildman–Crippen LogP) is 1.79. The molecule has 10 heavy (non-hydrogen) atoms. The van der Waals surface area contributed by atoms with Gasteiger partial charge in [0.1, 0.15) is 0 Å². The van der Waals surface area contributed by atoms with Crippen LogP contribution in [0.15, 0.2) is 0 Å². The summed E-state index contributed by atoms with van der Waals surface area (Å²) in [4.78, 5) is 0. The van der Waals surface area contributed by atoms with Crippen LogP contribution < -0.4 is 5.32 Å². The monoisotopic (exact) mass is 139 g/mol. The van der Waals surface area contributed by atoms with Gasteiger partial charge in [-0.05, 0) is 20.3 Å². The van der Waals surface area contributed by atoms with E-state index < -0.39 is 0 Å². The minimum absolute atomic E-state index is 0.269. The molecule has 58 valence electrons. The molecule has 0 saturated carbocycles. The first-order valence-corrected chi connectivity index (χ1v) is 3.92. The Labute approximate surface area is 64.2 Å². The van der Waals surface area contributed by atoms with Gasteiger partial charge in [0, 0.05) is 6.04 Å². The Balaban J connectivity index is 3.52. The number of nitrogens with one attached hydrogen (secondary N) is 1. The van der Waals surface area contributed by atoms with Gasteiger partial charge in [0.2, 0.25) is 0 Å². The van der Waals surface area contributed by atoms with Gasteiger partial charge in [-0.2, -0.15) is 0 Å². The minimum Gasteiger partial charge on any atom is -0.301 e. The molecule has 1 unspecified atom stereocenters. The fourth-order valence-electron chi connectivity index (χ4n) is 0.906. The van der Waals surface area contributed by atoms with Crippen LogP contribution in [0.4, 0.5) is 0 Å². The zero-order valence-electron chi connectivity index (χ0n) is 7.15. The molecule has 0 aliphatic carbocycles. The molecule has 0 rings (SSSR count). The molecule has 0 aliphatic heterocycles. The van der Waals surface area contributed by atoms with Crippen molar-refractivity contribution in [1.82, 2.24) is 5.32 Å². The molecule has 0 aliphatic rings. The highest BCUT2D eigenvalue weighted by Crippen LogP contribution is 1.95. The molecular weight excluding hydrogens is 122 g/mol. The first-order chi connectivity index (χ1) is 4.70. The molecule has 0 bridgehead atoms. The number of hydrogen-bond donors (Lipinski definition) is 1. The van der Waals surface area contributed by atoms with Crippen molar-refractivity contribution in [2.45, 2.75) is 45.7 Å². The number of hydrogen-bond acceptors (Lipinski definition) is 1. The van der Waals surface area contributed by atoms with Crippen LogP contribution in [0.5, 0.6) is 0 Å². The molecule has 0 radical (unpaired) electrons. The van der Waals surface area contributed by atoms with Gasteiger partial charge in [-0.1, -0.05) is 19.3 Å². The van der Waals surface area contributed by atoms with E-state index in [0.29, 0.717) is 6.04 Å². The molecule has 0 aromatic rings. The molecular formula is C9H17N. The van der Waals surface area contributed by atoms with E-state index in [-0.39, 0.29) is 6.04 Å². The third-order valence-corrected chi connectivity index (χ3v) is 1.31. The lowest BCUT2D eigenvalue weighted by Gasteiger charge is -2.14. The molecule has 0 spiro atoms. The molecule has 0 saturated heterocycles. The molecule has 0 aromatic carbocycles. The highest BCUT2D eigenvalue weighted by Gasteiger charge is 2.02. The molecule has 1 atom stereocenters. The molecule has 0 fully saturated rings. The van der Waals surface area contributed by atoms with Gasteiger partial charge in [-0.25, -0.2) is 0 Å². The third-order valence-electron chi connectivity index (χ3n) is 1.31. The van der Waals surface area contributed by atoms with Crippen LogP contribution in [-0.2, 0) is 0 Å². The zero-order chi connectivity index (χ0) is 7.98. The van der Waals surface area contributed by atoms with Gasteiger partial charge in [0.15, 0.2) is 0 Å².